The molecule has 3 aromatic rings. The molecule has 1 aromatic carbocycles. The van der Waals surface area contributed by atoms with E-state index in [2.05, 4.69) is 11.9 Å². The van der Waals surface area contributed by atoms with Crippen LogP contribution in [-0.4, -0.2) is 37.3 Å². The molecule has 7 heteroatoms. The molecule has 0 N–H and O–H groups in total. The van der Waals surface area contributed by atoms with Crippen LogP contribution < -0.4 is 5.56 Å². The molecule has 146 valence electrons. The molecule has 3 heterocycles. The Labute approximate surface area is 162 Å². The highest BCUT2D eigenvalue weighted by Crippen LogP contribution is 2.22. The van der Waals surface area contributed by atoms with E-state index in [9.17, 15) is 14.0 Å². The average Bonchev–Trinajstić information content (AvgIpc) is 3.15. The molecule has 0 aliphatic carbocycles. The average molecular weight is 382 g/mol. The number of nitrogens with zero attached hydrogens (tertiary/aromatic N) is 4. The summed E-state index contributed by atoms with van der Waals surface area (Å²) in [6.45, 7) is 2.81. The van der Waals surface area contributed by atoms with Crippen LogP contribution in [0.5, 0.6) is 0 Å². The summed E-state index contributed by atoms with van der Waals surface area (Å²) >= 11 is 0. The maximum atomic E-state index is 13.2. The summed E-state index contributed by atoms with van der Waals surface area (Å²) in [7, 11) is 1.65. The minimum absolute atomic E-state index is 0.124. The topological polar surface area (TPSA) is 59.6 Å². The fourth-order valence-corrected chi connectivity index (χ4v) is 3.96. The van der Waals surface area contributed by atoms with Gasteiger partial charge in [-0.3, -0.25) is 14.0 Å². The van der Waals surface area contributed by atoms with Gasteiger partial charge in [0.1, 0.15) is 11.5 Å². The maximum absolute atomic E-state index is 13.2. The highest BCUT2D eigenvalue weighted by Gasteiger charge is 2.28. The summed E-state index contributed by atoms with van der Waals surface area (Å²) in [5.41, 5.74) is 1.53. The highest BCUT2D eigenvalue weighted by molar-refractivity contribution is 5.93. The lowest BCUT2D eigenvalue weighted by atomic mass is 10.00. The van der Waals surface area contributed by atoms with Crippen molar-refractivity contribution in [1.82, 2.24) is 18.9 Å². The third-order valence-electron chi connectivity index (χ3n) is 5.57. The summed E-state index contributed by atoms with van der Waals surface area (Å²) in [6, 6.07) is 6.18. The van der Waals surface area contributed by atoms with Gasteiger partial charge in [-0.1, -0.05) is 6.92 Å². The first kappa shape index (κ1) is 18.4. The van der Waals surface area contributed by atoms with Crippen LogP contribution in [0.1, 0.15) is 43.1 Å². The van der Waals surface area contributed by atoms with Gasteiger partial charge in [0.25, 0.3) is 11.5 Å². The fourth-order valence-electron chi connectivity index (χ4n) is 3.96. The summed E-state index contributed by atoms with van der Waals surface area (Å²) in [5.74, 6) is -0.460. The van der Waals surface area contributed by atoms with Crippen molar-refractivity contribution >= 4 is 11.6 Å². The van der Waals surface area contributed by atoms with Crippen molar-refractivity contribution in [1.29, 1.82) is 0 Å². The molecule has 6 nitrogen and oxygen atoms in total. The molecule has 0 bridgehead atoms. The van der Waals surface area contributed by atoms with Gasteiger partial charge in [0, 0.05) is 32.0 Å². The molecule has 1 atom stereocenters. The van der Waals surface area contributed by atoms with Crippen molar-refractivity contribution in [2.45, 2.75) is 38.6 Å². The van der Waals surface area contributed by atoms with E-state index in [4.69, 9.17) is 0 Å². The van der Waals surface area contributed by atoms with E-state index in [1.165, 1.54) is 16.7 Å². The Bertz CT molecular complexity index is 1080. The van der Waals surface area contributed by atoms with Crippen LogP contribution in [0, 0.1) is 5.82 Å². The van der Waals surface area contributed by atoms with Crippen molar-refractivity contribution in [3.63, 3.8) is 0 Å². The number of carbonyl (C=O) groups excluding carboxylic acids is 1. The summed E-state index contributed by atoms with van der Waals surface area (Å²) in [5, 5.41) is 0. The Balaban J connectivity index is 1.77. The lowest BCUT2D eigenvalue weighted by molar-refractivity contribution is 0.0602. The quantitative estimate of drug-likeness (QED) is 0.699. The molecule has 2 aromatic heterocycles. The zero-order valence-electron chi connectivity index (χ0n) is 16.1. The van der Waals surface area contributed by atoms with Gasteiger partial charge in [-0.25, -0.2) is 9.37 Å². The van der Waals surface area contributed by atoms with E-state index in [-0.39, 0.29) is 34.7 Å². The van der Waals surface area contributed by atoms with Gasteiger partial charge in [-0.2, -0.15) is 0 Å². The molecular formula is C21H23FN4O2. The van der Waals surface area contributed by atoms with Crippen LogP contribution in [-0.2, 0) is 7.05 Å². The van der Waals surface area contributed by atoms with E-state index in [1.54, 1.807) is 36.0 Å². The summed E-state index contributed by atoms with van der Waals surface area (Å²) < 4.78 is 16.3. The van der Waals surface area contributed by atoms with Gasteiger partial charge in [0.2, 0.25) is 5.65 Å². The van der Waals surface area contributed by atoms with Crippen molar-refractivity contribution in [2.75, 3.05) is 6.54 Å². The number of piperidine rings is 1. The number of likely N-dealkylation sites (tertiary alicyclic amines) is 1. The van der Waals surface area contributed by atoms with Crippen LogP contribution in [0.15, 0.2) is 41.5 Å². The molecule has 28 heavy (non-hydrogen) atoms. The van der Waals surface area contributed by atoms with Crippen LogP contribution >= 0.6 is 0 Å². The number of halogens is 1. The van der Waals surface area contributed by atoms with Crippen molar-refractivity contribution in [3.05, 3.63) is 58.5 Å². The third-order valence-corrected chi connectivity index (χ3v) is 5.57. The second-order valence-corrected chi connectivity index (χ2v) is 7.30. The Morgan fingerprint density at radius 3 is 2.68 bits per heavy atom. The molecule has 1 aliphatic heterocycles. The van der Waals surface area contributed by atoms with E-state index in [1.807, 2.05) is 4.90 Å². The van der Waals surface area contributed by atoms with Gasteiger partial charge in [0.15, 0.2) is 0 Å². The summed E-state index contributed by atoms with van der Waals surface area (Å²) in [6.07, 6.45) is 7.41. The standard InChI is InChI=1S/C21H23FN4O2/c1-3-16-6-4-5-11-26(16)20(27)17-12-25-13-18(14-7-9-15(22)10-8-14)24(2)21(28)19(25)23-17/h7-10,12-13,16H,3-6,11H2,1-2H3. The molecule has 0 spiro atoms. The van der Waals surface area contributed by atoms with E-state index < -0.39 is 0 Å². The largest absolute Gasteiger partial charge is 0.334 e. The van der Waals surface area contributed by atoms with Gasteiger partial charge >= 0.3 is 0 Å². The Hall–Kier alpha value is -2.96. The number of rotatable bonds is 3. The second kappa shape index (κ2) is 7.22. The van der Waals surface area contributed by atoms with Crippen molar-refractivity contribution in [2.24, 2.45) is 7.05 Å². The van der Waals surface area contributed by atoms with Crippen LogP contribution in [0.2, 0.25) is 0 Å². The van der Waals surface area contributed by atoms with Gasteiger partial charge in [0.05, 0.1) is 5.69 Å². The predicted octanol–water partition coefficient (Wildman–Crippen LogP) is 3.24. The Morgan fingerprint density at radius 2 is 1.96 bits per heavy atom. The minimum atomic E-state index is -0.336. The van der Waals surface area contributed by atoms with E-state index in [0.29, 0.717) is 11.3 Å². The highest BCUT2D eigenvalue weighted by atomic mass is 19.1. The molecule has 1 unspecified atom stereocenters. The van der Waals surface area contributed by atoms with Crippen LogP contribution in [0.4, 0.5) is 4.39 Å². The van der Waals surface area contributed by atoms with Gasteiger partial charge in [-0.05, 0) is 55.5 Å². The first-order valence-electron chi connectivity index (χ1n) is 9.65. The number of fused-ring (bicyclic) bond motifs is 1. The first-order chi connectivity index (χ1) is 13.5. The Morgan fingerprint density at radius 1 is 1.21 bits per heavy atom. The molecule has 1 amide bonds. The normalized spacial score (nSPS) is 17.2. The zero-order valence-corrected chi connectivity index (χ0v) is 16.1. The first-order valence-corrected chi connectivity index (χ1v) is 9.65. The molecule has 0 radical (unpaired) electrons. The SMILES string of the molecule is CCC1CCCCN1C(=O)c1cn2cc(-c3ccc(F)cc3)n(C)c(=O)c2n1. The predicted molar refractivity (Wildman–Crippen MR) is 105 cm³/mol. The lowest BCUT2D eigenvalue weighted by Crippen LogP contribution is -2.43. The smallest absolute Gasteiger partial charge is 0.294 e. The fraction of sp³-hybridized carbons (Fsp3) is 0.381. The van der Waals surface area contributed by atoms with Crippen molar-refractivity contribution in [3.8, 4) is 11.3 Å². The number of amides is 1. The van der Waals surface area contributed by atoms with Crippen LogP contribution in [0.25, 0.3) is 16.9 Å². The molecule has 1 saturated heterocycles. The van der Waals surface area contributed by atoms with Crippen molar-refractivity contribution < 1.29 is 9.18 Å². The van der Waals surface area contributed by atoms with E-state index >= 15 is 0 Å². The third kappa shape index (κ3) is 3.10. The maximum Gasteiger partial charge on any atom is 0.294 e. The van der Waals surface area contributed by atoms with E-state index in [0.717, 1.165) is 32.2 Å². The summed E-state index contributed by atoms with van der Waals surface area (Å²) in [4.78, 5) is 32.1. The lowest BCUT2D eigenvalue weighted by Gasteiger charge is -2.34. The molecular weight excluding hydrogens is 359 g/mol. The Kier molecular flexibility index (Phi) is 4.75. The number of imidazole rings is 1. The second-order valence-electron chi connectivity index (χ2n) is 7.30. The molecule has 1 fully saturated rings. The molecule has 0 saturated carbocycles. The number of carbonyl (C=O) groups is 1. The molecule has 4 rings (SSSR count). The zero-order chi connectivity index (χ0) is 19.8. The van der Waals surface area contributed by atoms with Gasteiger partial charge in [-0.15, -0.1) is 0 Å². The number of hydrogen-bond acceptors (Lipinski definition) is 3. The number of hydrogen-bond donors (Lipinski definition) is 0. The van der Waals surface area contributed by atoms with Gasteiger partial charge < -0.3 is 9.47 Å². The number of benzene rings is 1. The molecule has 1 aliphatic rings. The minimum Gasteiger partial charge on any atom is -0.334 e. The van der Waals surface area contributed by atoms with Crippen LogP contribution in [0.3, 0.4) is 0 Å². The number of aromatic nitrogens is 3. The monoisotopic (exact) mass is 382 g/mol.